The first-order valence-corrected chi connectivity index (χ1v) is 12.6. The second-order valence-electron chi connectivity index (χ2n) is 9.16. The van der Waals surface area contributed by atoms with Crippen molar-refractivity contribution in [3.8, 4) is 0 Å². The van der Waals surface area contributed by atoms with Crippen LogP contribution in [0.15, 0.2) is 36.5 Å². The molecular formula is C24H39O10P. The number of esters is 3. The first-order valence-electron chi connectivity index (χ1n) is 11.1. The Morgan fingerprint density at radius 1 is 0.543 bits per heavy atom. The van der Waals surface area contributed by atoms with E-state index in [0.717, 1.165) is 0 Å². The van der Waals surface area contributed by atoms with E-state index >= 15 is 0 Å². The summed E-state index contributed by atoms with van der Waals surface area (Å²) >= 11 is 0. The van der Waals surface area contributed by atoms with Crippen LogP contribution >= 0.6 is 7.82 Å². The van der Waals surface area contributed by atoms with E-state index in [1.54, 1.807) is 41.5 Å². The van der Waals surface area contributed by atoms with Gasteiger partial charge in [0.2, 0.25) is 18.9 Å². The normalized spacial score (nSPS) is 15.7. The summed E-state index contributed by atoms with van der Waals surface area (Å²) in [6.45, 7) is 24.7. The smallest absolute Gasteiger partial charge is 0.432 e. The van der Waals surface area contributed by atoms with E-state index in [1.807, 2.05) is 0 Å². The third kappa shape index (κ3) is 11.8. The van der Waals surface area contributed by atoms with Crippen molar-refractivity contribution < 1.29 is 46.7 Å². The molecule has 10 nitrogen and oxygen atoms in total. The molecule has 0 saturated heterocycles. The number of hydrogen-bond donors (Lipinski definition) is 0. The predicted molar refractivity (Wildman–Crippen MR) is 129 cm³/mol. The second-order valence-corrected chi connectivity index (χ2v) is 10.7. The van der Waals surface area contributed by atoms with Crippen LogP contribution in [0.1, 0.15) is 62.3 Å². The van der Waals surface area contributed by atoms with Crippen molar-refractivity contribution in [3.05, 3.63) is 36.5 Å². The van der Waals surface area contributed by atoms with Crippen LogP contribution < -0.4 is 0 Å². The number of hydrogen-bond acceptors (Lipinski definition) is 10. The minimum atomic E-state index is -4.73. The molecule has 0 N–H and O–H groups in total. The fourth-order valence-electron chi connectivity index (χ4n) is 1.91. The van der Waals surface area contributed by atoms with Gasteiger partial charge in [0.25, 0.3) is 0 Å². The molecule has 0 rings (SSSR count). The van der Waals surface area contributed by atoms with Gasteiger partial charge in [-0.05, 0) is 20.8 Å². The van der Waals surface area contributed by atoms with Crippen molar-refractivity contribution in [1.82, 2.24) is 0 Å². The van der Waals surface area contributed by atoms with Gasteiger partial charge in [-0.25, -0.2) is 32.5 Å². The average Bonchev–Trinajstić information content (AvgIpc) is 2.71. The highest BCUT2D eigenvalue weighted by Gasteiger charge is 2.43. The molecule has 0 fully saturated rings. The molecule has 3 atom stereocenters. The van der Waals surface area contributed by atoms with Gasteiger partial charge in [-0.2, -0.15) is 0 Å². The largest absolute Gasteiger partial charge is 0.484 e. The monoisotopic (exact) mass is 518 g/mol. The first-order chi connectivity index (χ1) is 15.9. The van der Waals surface area contributed by atoms with E-state index in [1.165, 1.54) is 20.8 Å². The summed E-state index contributed by atoms with van der Waals surface area (Å²) in [5, 5.41) is 0. The molecule has 0 bridgehead atoms. The number of phosphoric acid groups is 1. The summed E-state index contributed by atoms with van der Waals surface area (Å²) in [4.78, 5) is 36.3. The molecule has 0 aliphatic rings. The molecule has 0 aromatic carbocycles. The zero-order chi connectivity index (χ0) is 27.7. The molecule has 0 amide bonds. The Balaban J connectivity index is 6.29. The Kier molecular flexibility index (Phi) is 13.4. The maximum absolute atomic E-state index is 13.9. The summed E-state index contributed by atoms with van der Waals surface area (Å²) in [5.41, 5.74) is 0.255. The van der Waals surface area contributed by atoms with Gasteiger partial charge in [-0.3, -0.25) is 0 Å². The lowest BCUT2D eigenvalue weighted by Gasteiger charge is -2.32. The molecule has 35 heavy (non-hydrogen) atoms. The van der Waals surface area contributed by atoms with Crippen LogP contribution in [0.25, 0.3) is 0 Å². The average molecular weight is 519 g/mol. The SMILES string of the molecule is C=C(C)C(=O)OC(OP(=O)(OC(OC(=O)C(=C)C)C(C)C)OC(OC(=O)C(=C)C)C(C)C)C(C)C. The van der Waals surface area contributed by atoms with Crippen LogP contribution in [0.5, 0.6) is 0 Å². The fourth-order valence-corrected chi connectivity index (χ4v) is 3.68. The minimum Gasteiger partial charge on any atom is -0.432 e. The van der Waals surface area contributed by atoms with Gasteiger partial charge in [-0.1, -0.05) is 61.3 Å². The van der Waals surface area contributed by atoms with Crippen molar-refractivity contribution in [2.75, 3.05) is 0 Å². The highest BCUT2D eigenvalue weighted by Crippen LogP contribution is 2.55. The van der Waals surface area contributed by atoms with Crippen LogP contribution in [0.2, 0.25) is 0 Å². The van der Waals surface area contributed by atoms with E-state index < -0.39 is 62.4 Å². The maximum Gasteiger partial charge on any atom is 0.484 e. The van der Waals surface area contributed by atoms with Gasteiger partial charge in [0.1, 0.15) is 0 Å². The van der Waals surface area contributed by atoms with Crippen molar-refractivity contribution in [2.24, 2.45) is 17.8 Å². The lowest BCUT2D eigenvalue weighted by atomic mass is 10.2. The minimum absolute atomic E-state index is 0.0850. The molecule has 0 aromatic heterocycles. The van der Waals surface area contributed by atoms with Crippen LogP contribution in [-0.2, 0) is 46.7 Å². The van der Waals surface area contributed by atoms with E-state index in [2.05, 4.69) is 19.7 Å². The van der Waals surface area contributed by atoms with Crippen molar-refractivity contribution >= 4 is 25.7 Å². The first kappa shape index (κ1) is 32.7. The molecule has 0 spiro atoms. The van der Waals surface area contributed by atoms with E-state index in [4.69, 9.17) is 27.8 Å². The molecule has 0 aliphatic heterocycles. The summed E-state index contributed by atoms with van der Waals surface area (Å²) < 4.78 is 46.4. The summed E-state index contributed by atoms with van der Waals surface area (Å²) in [5.74, 6) is -3.91. The molecule has 0 saturated carbocycles. The van der Waals surface area contributed by atoms with Gasteiger partial charge < -0.3 is 14.2 Å². The number of ether oxygens (including phenoxy) is 3. The maximum atomic E-state index is 13.9. The quantitative estimate of drug-likeness (QED) is 0.0909. The second kappa shape index (κ2) is 14.3. The zero-order valence-electron chi connectivity index (χ0n) is 22.1. The van der Waals surface area contributed by atoms with Crippen LogP contribution in [0.4, 0.5) is 0 Å². The van der Waals surface area contributed by atoms with E-state index in [9.17, 15) is 18.9 Å². The van der Waals surface area contributed by atoms with Crippen molar-refractivity contribution in [2.45, 2.75) is 81.2 Å². The van der Waals surface area contributed by atoms with Gasteiger partial charge in [0.15, 0.2) is 0 Å². The predicted octanol–water partition coefficient (Wildman–Crippen LogP) is 5.45. The highest BCUT2D eigenvalue weighted by atomic mass is 31.2. The third-order valence-corrected chi connectivity index (χ3v) is 5.44. The Morgan fingerprint density at radius 3 is 0.886 bits per heavy atom. The summed E-state index contributed by atoms with van der Waals surface area (Å²) in [6.07, 6.45) is -4.21. The summed E-state index contributed by atoms with van der Waals surface area (Å²) in [7, 11) is -4.73. The van der Waals surface area contributed by atoms with Crippen LogP contribution in [0.3, 0.4) is 0 Å². The zero-order valence-corrected chi connectivity index (χ0v) is 23.0. The molecule has 0 heterocycles. The Morgan fingerprint density at radius 2 is 0.743 bits per heavy atom. The van der Waals surface area contributed by atoms with Crippen LogP contribution in [-0.4, -0.2) is 36.8 Å². The van der Waals surface area contributed by atoms with Crippen molar-refractivity contribution in [1.29, 1.82) is 0 Å². The lowest BCUT2D eigenvalue weighted by Crippen LogP contribution is -2.33. The Hall–Kier alpha value is -2.26. The molecule has 3 unspecified atom stereocenters. The molecule has 11 heteroatoms. The van der Waals surface area contributed by atoms with E-state index in [0.29, 0.717) is 0 Å². The molecule has 0 radical (unpaired) electrons. The standard InChI is InChI=1S/C24H39O10P/c1-13(2)19(25)29-22(16(7)8)32-35(28,33-23(17(9)10)30-20(26)14(3)4)34-24(18(11)12)31-21(27)15(5)6/h16-18,22-24H,1,3,5H2,2,4,6-12H3. The summed E-state index contributed by atoms with van der Waals surface area (Å²) in [6, 6.07) is 0. The molecular weight excluding hydrogens is 479 g/mol. The fraction of sp³-hybridized carbons (Fsp3) is 0.625. The van der Waals surface area contributed by atoms with Crippen molar-refractivity contribution in [3.63, 3.8) is 0 Å². The number of rotatable bonds is 15. The number of carbonyl (C=O) groups is 3. The molecule has 0 aliphatic carbocycles. The molecule has 0 aromatic rings. The van der Waals surface area contributed by atoms with Gasteiger partial charge in [0.05, 0.1) is 0 Å². The van der Waals surface area contributed by atoms with Gasteiger partial charge >= 0.3 is 25.7 Å². The Labute approximate surface area is 208 Å². The number of phosphoric ester groups is 1. The van der Waals surface area contributed by atoms with Crippen LogP contribution in [0, 0.1) is 17.8 Å². The topological polar surface area (TPSA) is 124 Å². The van der Waals surface area contributed by atoms with Gasteiger partial charge in [0, 0.05) is 34.5 Å². The lowest BCUT2D eigenvalue weighted by molar-refractivity contribution is -0.191. The Bertz CT molecular complexity index is 749. The third-order valence-electron chi connectivity index (χ3n) is 4.05. The number of carbonyl (C=O) groups excluding carboxylic acids is 3. The van der Waals surface area contributed by atoms with Gasteiger partial charge in [-0.15, -0.1) is 0 Å². The molecule has 200 valence electrons. The van der Waals surface area contributed by atoms with E-state index in [-0.39, 0.29) is 16.7 Å². The highest BCUT2D eigenvalue weighted by molar-refractivity contribution is 7.48.